The predicted octanol–water partition coefficient (Wildman–Crippen LogP) is 3.50. The van der Waals surface area contributed by atoms with Gasteiger partial charge in [0.15, 0.2) is 0 Å². The van der Waals surface area contributed by atoms with Gasteiger partial charge in [-0.05, 0) is 38.5 Å². The number of carbonyl (C=O) groups is 1. The van der Waals surface area contributed by atoms with Gasteiger partial charge in [0.05, 0.1) is 12.2 Å². The van der Waals surface area contributed by atoms with Crippen molar-refractivity contribution >= 4 is 5.97 Å². The van der Waals surface area contributed by atoms with Gasteiger partial charge in [0.2, 0.25) is 0 Å². The molecule has 1 fully saturated rings. The standard InChI is InChI=1S/C16H27NO2/c1-4-8-14-12(5-2)11-13(16(18)19-6-3)15-9-7-10-17(14)15/h12,14H,4-11H2,1-3H3/t12-,14+/m0/s1. The number of allylic oxidation sites excluding steroid dienone is 1. The number of nitrogens with zero attached hydrogens (tertiary/aromatic N) is 1. The van der Waals surface area contributed by atoms with Crippen LogP contribution >= 0.6 is 0 Å². The summed E-state index contributed by atoms with van der Waals surface area (Å²) in [5.41, 5.74) is 2.26. The minimum atomic E-state index is -0.0715. The van der Waals surface area contributed by atoms with Crippen LogP contribution in [0.3, 0.4) is 0 Å². The second-order valence-electron chi connectivity index (χ2n) is 5.67. The van der Waals surface area contributed by atoms with Crippen LogP contribution in [0.4, 0.5) is 0 Å². The molecule has 108 valence electrons. The lowest BCUT2D eigenvalue weighted by atomic mass is 9.82. The predicted molar refractivity (Wildman–Crippen MR) is 76.7 cm³/mol. The molecule has 0 bridgehead atoms. The molecule has 0 aliphatic carbocycles. The van der Waals surface area contributed by atoms with E-state index in [0.717, 1.165) is 31.4 Å². The maximum absolute atomic E-state index is 12.2. The Morgan fingerprint density at radius 3 is 2.79 bits per heavy atom. The van der Waals surface area contributed by atoms with Crippen LogP contribution in [0.2, 0.25) is 0 Å². The Balaban J connectivity index is 2.27. The third-order valence-corrected chi connectivity index (χ3v) is 4.55. The third kappa shape index (κ3) is 2.80. The van der Waals surface area contributed by atoms with Gasteiger partial charge < -0.3 is 9.64 Å². The molecule has 0 radical (unpaired) electrons. The smallest absolute Gasteiger partial charge is 0.335 e. The molecule has 0 aromatic heterocycles. The van der Waals surface area contributed by atoms with Crippen LogP contribution in [0.25, 0.3) is 0 Å². The van der Waals surface area contributed by atoms with Crippen molar-refractivity contribution in [3.63, 3.8) is 0 Å². The van der Waals surface area contributed by atoms with Crippen molar-refractivity contribution in [3.8, 4) is 0 Å². The normalized spacial score (nSPS) is 26.6. The molecule has 0 unspecified atom stereocenters. The maximum Gasteiger partial charge on any atom is 0.335 e. The van der Waals surface area contributed by atoms with Crippen LogP contribution in [-0.2, 0) is 9.53 Å². The molecule has 2 aliphatic rings. The average molecular weight is 265 g/mol. The van der Waals surface area contributed by atoms with Gasteiger partial charge in [0.25, 0.3) is 0 Å². The summed E-state index contributed by atoms with van der Waals surface area (Å²) in [5.74, 6) is 0.541. The van der Waals surface area contributed by atoms with Gasteiger partial charge in [0.1, 0.15) is 0 Å². The molecule has 2 atom stereocenters. The SMILES string of the molecule is CCC[C@@H]1[C@@H](CC)CC(C(=O)OCC)=C2CCCN21. The first-order valence-corrected chi connectivity index (χ1v) is 7.88. The van der Waals surface area contributed by atoms with Gasteiger partial charge in [-0.15, -0.1) is 0 Å². The Morgan fingerprint density at radius 1 is 1.37 bits per heavy atom. The number of rotatable bonds is 5. The Morgan fingerprint density at radius 2 is 2.16 bits per heavy atom. The van der Waals surface area contributed by atoms with Crippen LogP contribution in [0.15, 0.2) is 11.3 Å². The summed E-state index contributed by atoms with van der Waals surface area (Å²) in [6, 6.07) is 0.644. The summed E-state index contributed by atoms with van der Waals surface area (Å²) >= 11 is 0. The van der Waals surface area contributed by atoms with E-state index in [0.29, 0.717) is 18.6 Å². The molecule has 0 N–H and O–H groups in total. The van der Waals surface area contributed by atoms with Crippen LogP contribution < -0.4 is 0 Å². The zero-order valence-electron chi connectivity index (χ0n) is 12.6. The summed E-state index contributed by atoms with van der Waals surface area (Å²) in [4.78, 5) is 14.7. The molecule has 1 saturated heterocycles. The molecular weight excluding hydrogens is 238 g/mol. The second kappa shape index (κ2) is 6.44. The Kier molecular flexibility index (Phi) is 4.89. The first-order chi connectivity index (χ1) is 9.22. The first kappa shape index (κ1) is 14.4. The van der Waals surface area contributed by atoms with Crippen molar-refractivity contribution < 1.29 is 9.53 Å². The largest absolute Gasteiger partial charge is 0.463 e. The third-order valence-electron chi connectivity index (χ3n) is 4.55. The van der Waals surface area contributed by atoms with Gasteiger partial charge in [-0.1, -0.05) is 26.7 Å². The fourth-order valence-electron chi connectivity index (χ4n) is 3.68. The highest BCUT2D eigenvalue weighted by molar-refractivity contribution is 5.89. The maximum atomic E-state index is 12.2. The van der Waals surface area contributed by atoms with Crippen LogP contribution in [0.5, 0.6) is 0 Å². The molecule has 3 nitrogen and oxygen atoms in total. The highest BCUT2D eigenvalue weighted by Crippen LogP contribution is 2.40. The van der Waals surface area contributed by atoms with Gasteiger partial charge in [0, 0.05) is 18.3 Å². The number of hydrogen-bond acceptors (Lipinski definition) is 3. The van der Waals surface area contributed by atoms with Crippen LogP contribution in [-0.4, -0.2) is 30.1 Å². The van der Waals surface area contributed by atoms with Crippen LogP contribution in [0, 0.1) is 5.92 Å². The van der Waals surface area contributed by atoms with E-state index in [9.17, 15) is 4.79 Å². The molecule has 2 aliphatic heterocycles. The van der Waals surface area contributed by atoms with E-state index in [1.54, 1.807) is 0 Å². The molecule has 0 spiro atoms. The lowest BCUT2D eigenvalue weighted by Gasteiger charge is -2.41. The van der Waals surface area contributed by atoms with Crippen molar-refractivity contribution in [2.45, 2.75) is 65.3 Å². The lowest BCUT2D eigenvalue weighted by Crippen LogP contribution is -2.42. The number of fused-ring (bicyclic) bond motifs is 1. The molecule has 0 aromatic rings. The molecule has 19 heavy (non-hydrogen) atoms. The lowest BCUT2D eigenvalue weighted by molar-refractivity contribution is -0.139. The number of carbonyl (C=O) groups excluding carboxylic acids is 1. The first-order valence-electron chi connectivity index (χ1n) is 7.88. The molecule has 3 heteroatoms. The number of esters is 1. The average Bonchev–Trinajstić information content (AvgIpc) is 2.88. The highest BCUT2D eigenvalue weighted by Gasteiger charge is 2.38. The number of ether oxygens (including phenoxy) is 1. The van der Waals surface area contributed by atoms with Gasteiger partial charge in [-0.3, -0.25) is 0 Å². The molecule has 0 saturated carbocycles. The Bertz CT molecular complexity index is 362. The van der Waals surface area contributed by atoms with Crippen molar-refractivity contribution in [2.75, 3.05) is 13.2 Å². The molecule has 2 rings (SSSR count). The summed E-state index contributed by atoms with van der Waals surface area (Å²) in [6.45, 7) is 7.99. The van der Waals surface area contributed by atoms with E-state index in [1.165, 1.54) is 25.0 Å². The van der Waals surface area contributed by atoms with Gasteiger partial charge >= 0.3 is 5.97 Å². The minimum Gasteiger partial charge on any atom is -0.463 e. The number of hydrogen-bond donors (Lipinski definition) is 0. The van der Waals surface area contributed by atoms with Crippen molar-refractivity contribution in [1.82, 2.24) is 4.90 Å². The van der Waals surface area contributed by atoms with E-state index >= 15 is 0 Å². The molecular formula is C16H27NO2. The van der Waals surface area contributed by atoms with Crippen molar-refractivity contribution in [3.05, 3.63) is 11.3 Å². The van der Waals surface area contributed by atoms with Gasteiger partial charge in [-0.2, -0.15) is 0 Å². The zero-order valence-corrected chi connectivity index (χ0v) is 12.6. The molecule has 2 heterocycles. The van der Waals surface area contributed by atoms with Crippen LogP contribution in [0.1, 0.15) is 59.3 Å². The quantitative estimate of drug-likeness (QED) is 0.713. The van der Waals surface area contributed by atoms with E-state index < -0.39 is 0 Å². The summed E-state index contributed by atoms with van der Waals surface area (Å²) in [7, 11) is 0. The Hall–Kier alpha value is -0.990. The van der Waals surface area contributed by atoms with E-state index in [4.69, 9.17) is 4.74 Å². The van der Waals surface area contributed by atoms with Crippen molar-refractivity contribution in [2.24, 2.45) is 5.92 Å². The molecule has 0 aromatic carbocycles. The van der Waals surface area contributed by atoms with E-state index in [-0.39, 0.29) is 5.97 Å². The fraction of sp³-hybridized carbons (Fsp3) is 0.812. The Labute approximate surface area is 117 Å². The minimum absolute atomic E-state index is 0.0715. The summed E-state index contributed by atoms with van der Waals surface area (Å²) in [5, 5.41) is 0. The second-order valence-corrected chi connectivity index (χ2v) is 5.67. The zero-order chi connectivity index (χ0) is 13.8. The fourth-order valence-corrected chi connectivity index (χ4v) is 3.68. The molecule has 0 amide bonds. The summed E-state index contributed by atoms with van der Waals surface area (Å²) in [6.07, 6.45) is 6.79. The highest BCUT2D eigenvalue weighted by atomic mass is 16.5. The van der Waals surface area contributed by atoms with E-state index in [2.05, 4.69) is 18.7 Å². The van der Waals surface area contributed by atoms with Gasteiger partial charge in [-0.25, -0.2) is 4.79 Å². The summed E-state index contributed by atoms with van der Waals surface area (Å²) < 4.78 is 5.25. The monoisotopic (exact) mass is 265 g/mol. The van der Waals surface area contributed by atoms with Crippen molar-refractivity contribution in [1.29, 1.82) is 0 Å². The van der Waals surface area contributed by atoms with E-state index in [1.807, 2.05) is 6.92 Å². The topological polar surface area (TPSA) is 29.5 Å².